The highest BCUT2D eigenvalue weighted by atomic mass is 16.3. The number of carbonyl (C=O) groups is 1. The van der Waals surface area contributed by atoms with Crippen LogP contribution in [0.2, 0.25) is 0 Å². The van der Waals surface area contributed by atoms with E-state index in [1.54, 1.807) is 42.5 Å². The van der Waals surface area contributed by atoms with Gasteiger partial charge in [-0.3, -0.25) is 4.79 Å². The smallest absolute Gasteiger partial charge is 0.228 e. The molecular weight excluding hydrogens is 326 g/mol. The van der Waals surface area contributed by atoms with Crippen LogP contribution in [0.4, 0.5) is 5.69 Å². The topological polar surface area (TPSA) is 69.6 Å². The molecule has 0 spiro atoms. The van der Waals surface area contributed by atoms with E-state index in [0.717, 1.165) is 5.56 Å². The Hall–Kier alpha value is -3.53. The average Bonchev–Trinajstić information content (AvgIpc) is 2.67. The minimum Gasteiger partial charge on any atom is -0.507 e. The van der Waals surface area contributed by atoms with Crippen LogP contribution in [-0.2, 0) is 11.2 Å². The van der Waals surface area contributed by atoms with E-state index in [-0.39, 0.29) is 23.8 Å². The lowest BCUT2D eigenvalue weighted by Gasteiger charge is -2.14. The molecule has 4 rings (SSSR count). The molecule has 0 heterocycles. The minimum absolute atomic E-state index is 0.0454. The van der Waals surface area contributed by atoms with E-state index in [4.69, 9.17) is 0 Å². The maximum Gasteiger partial charge on any atom is 0.228 e. The van der Waals surface area contributed by atoms with Gasteiger partial charge in [0.15, 0.2) is 0 Å². The van der Waals surface area contributed by atoms with Crippen molar-refractivity contribution in [1.82, 2.24) is 0 Å². The molecule has 0 aromatic heterocycles. The van der Waals surface area contributed by atoms with Gasteiger partial charge in [-0.25, -0.2) is 0 Å². The molecule has 4 nitrogen and oxygen atoms in total. The molecule has 0 aliphatic carbocycles. The van der Waals surface area contributed by atoms with Crippen molar-refractivity contribution in [3.05, 3.63) is 78.4 Å². The average molecular weight is 343 g/mol. The summed E-state index contributed by atoms with van der Waals surface area (Å²) in [6, 6.07) is 21.7. The first-order chi connectivity index (χ1) is 12.6. The van der Waals surface area contributed by atoms with Crippen molar-refractivity contribution in [3.63, 3.8) is 0 Å². The number of phenolic OH excluding ortho intramolecular Hbond substituents is 2. The van der Waals surface area contributed by atoms with Crippen LogP contribution in [0.3, 0.4) is 0 Å². The number of rotatable bonds is 3. The van der Waals surface area contributed by atoms with Crippen molar-refractivity contribution in [2.75, 3.05) is 5.32 Å². The number of amides is 1. The maximum absolute atomic E-state index is 12.4. The van der Waals surface area contributed by atoms with Gasteiger partial charge in [-0.2, -0.15) is 0 Å². The SMILES string of the molecule is O=C(Cc1ccccc1)Nc1cccc2c(O)c3ccccc3c(O)c12. The molecule has 4 aromatic rings. The van der Waals surface area contributed by atoms with Gasteiger partial charge in [-0.15, -0.1) is 0 Å². The predicted octanol–water partition coefficient (Wildman–Crippen LogP) is 4.59. The summed E-state index contributed by atoms with van der Waals surface area (Å²) in [4.78, 5) is 12.4. The van der Waals surface area contributed by atoms with Gasteiger partial charge in [0.1, 0.15) is 11.5 Å². The number of hydrogen-bond acceptors (Lipinski definition) is 3. The molecule has 0 atom stereocenters. The predicted molar refractivity (Wildman–Crippen MR) is 104 cm³/mol. The van der Waals surface area contributed by atoms with E-state index < -0.39 is 0 Å². The van der Waals surface area contributed by atoms with Crippen LogP contribution in [-0.4, -0.2) is 16.1 Å². The van der Waals surface area contributed by atoms with Gasteiger partial charge in [0.05, 0.1) is 17.5 Å². The highest BCUT2D eigenvalue weighted by molar-refractivity contribution is 6.16. The Balaban J connectivity index is 1.79. The van der Waals surface area contributed by atoms with Crippen molar-refractivity contribution in [1.29, 1.82) is 0 Å². The highest BCUT2D eigenvalue weighted by Crippen LogP contribution is 2.44. The van der Waals surface area contributed by atoms with Crippen LogP contribution < -0.4 is 5.32 Å². The fraction of sp³-hybridized carbons (Fsp3) is 0.0455. The summed E-state index contributed by atoms with van der Waals surface area (Å²) in [5.74, 6) is -0.0488. The lowest BCUT2D eigenvalue weighted by molar-refractivity contribution is -0.115. The zero-order chi connectivity index (χ0) is 18.1. The highest BCUT2D eigenvalue weighted by Gasteiger charge is 2.16. The summed E-state index contributed by atoms with van der Waals surface area (Å²) in [5, 5.41) is 26.3. The summed E-state index contributed by atoms with van der Waals surface area (Å²) >= 11 is 0. The third-order valence-electron chi connectivity index (χ3n) is 4.48. The molecule has 26 heavy (non-hydrogen) atoms. The number of benzene rings is 4. The molecule has 0 bridgehead atoms. The molecule has 0 saturated carbocycles. The normalized spacial score (nSPS) is 10.9. The van der Waals surface area contributed by atoms with Gasteiger partial charge in [-0.1, -0.05) is 66.7 Å². The zero-order valence-corrected chi connectivity index (χ0v) is 13.9. The number of fused-ring (bicyclic) bond motifs is 2. The van der Waals surface area contributed by atoms with Gasteiger partial charge >= 0.3 is 0 Å². The molecule has 0 fully saturated rings. The Morgan fingerprint density at radius 2 is 1.35 bits per heavy atom. The number of anilines is 1. The van der Waals surface area contributed by atoms with Gasteiger partial charge < -0.3 is 15.5 Å². The van der Waals surface area contributed by atoms with E-state index in [9.17, 15) is 15.0 Å². The maximum atomic E-state index is 12.4. The molecular formula is C22H17NO3. The molecule has 0 aliphatic heterocycles. The lowest BCUT2D eigenvalue weighted by Crippen LogP contribution is -2.14. The molecule has 4 heteroatoms. The number of nitrogens with one attached hydrogen (secondary N) is 1. The first-order valence-electron chi connectivity index (χ1n) is 8.34. The number of aromatic hydroxyl groups is 2. The second-order valence-electron chi connectivity index (χ2n) is 6.18. The number of phenols is 2. The van der Waals surface area contributed by atoms with Crippen LogP contribution >= 0.6 is 0 Å². The Labute approximate surface area is 150 Å². The summed E-state index contributed by atoms with van der Waals surface area (Å²) in [6.45, 7) is 0. The Bertz CT molecular complexity index is 1120. The molecule has 0 saturated heterocycles. The van der Waals surface area contributed by atoms with Crippen LogP contribution in [0.15, 0.2) is 72.8 Å². The third-order valence-corrected chi connectivity index (χ3v) is 4.48. The molecule has 0 unspecified atom stereocenters. The van der Waals surface area contributed by atoms with Gasteiger partial charge in [0.2, 0.25) is 5.91 Å². The van der Waals surface area contributed by atoms with E-state index in [0.29, 0.717) is 27.2 Å². The van der Waals surface area contributed by atoms with E-state index in [1.807, 2.05) is 30.3 Å². The molecule has 3 N–H and O–H groups in total. The van der Waals surface area contributed by atoms with Crippen LogP contribution in [0.1, 0.15) is 5.56 Å². The fourth-order valence-electron chi connectivity index (χ4n) is 3.26. The number of hydrogen-bond donors (Lipinski definition) is 3. The lowest BCUT2D eigenvalue weighted by atomic mass is 9.99. The Morgan fingerprint density at radius 3 is 2.08 bits per heavy atom. The standard InChI is InChI=1S/C22H17NO3/c24-19(13-14-7-2-1-3-8-14)23-18-12-6-11-17-20(18)22(26)16-10-5-4-9-15(16)21(17)25/h1-12,25-26H,13H2,(H,23,24). The van der Waals surface area contributed by atoms with Gasteiger partial charge in [0.25, 0.3) is 0 Å². The number of carbonyl (C=O) groups excluding carboxylic acids is 1. The molecule has 128 valence electrons. The van der Waals surface area contributed by atoms with Gasteiger partial charge in [-0.05, 0) is 11.6 Å². The summed E-state index contributed by atoms with van der Waals surface area (Å²) in [5.41, 5.74) is 1.38. The largest absolute Gasteiger partial charge is 0.507 e. The van der Waals surface area contributed by atoms with E-state index in [1.165, 1.54) is 0 Å². The minimum atomic E-state index is -0.184. The molecule has 4 aromatic carbocycles. The molecule has 1 amide bonds. The molecule has 0 aliphatic rings. The van der Waals surface area contributed by atoms with Crippen molar-refractivity contribution in [2.24, 2.45) is 0 Å². The second-order valence-corrected chi connectivity index (χ2v) is 6.18. The van der Waals surface area contributed by atoms with Crippen LogP contribution in [0.25, 0.3) is 21.5 Å². The monoisotopic (exact) mass is 343 g/mol. The zero-order valence-electron chi connectivity index (χ0n) is 13.9. The van der Waals surface area contributed by atoms with Crippen LogP contribution in [0.5, 0.6) is 11.5 Å². The van der Waals surface area contributed by atoms with Crippen molar-refractivity contribution in [3.8, 4) is 11.5 Å². The first-order valence-corrected chi connectivity index (χ1v) is 8.34. The molecule has 0 radical (unpaired) electrons. The van der Waals surface area contributed by atoms with E-state index >= 15 is 0 Å². The quantitative estimate of drug-likeness (QED) is 0.376. The van der Waals surface area contributed by atoms with Crippen molar-refractivity contribution >= 4 is 33.1 Å². The Morgan fingerprint density at radius 1 is 0.731 bits per heavy atom. The third kappa shape index (κ3) is 2.71. The first kappa shape index (κ1) is 16.0. The van der Waals surface area contributed by atoms with Crippen molar-refractivity contribution < 1.29 is 15.0 Å². The summed E-state index contributed by atoms with van der Waals surface area (Å²) in [7, 11) is 0. The van der Waals surface area contributed by atoms with Gasteiger partial charge in [0, 0.05) is 16.2 Å². The summed E-state index contributed by atoms with van der Waals surface area (Å²) in [6.07, 6.45) is 0.234. The van der Waals surface area contributed by atoms with Crippen molar-refractivity contribution in [2.45, 2.75) is 6.42 Å². The van der Waals surface area contributed by atoms with E-state index in [2.05, 4.69) is 5.32 Å². The Kier molecular flexibility index (Phi) is 3.93. The second kappa shape index (κ2) is 6.41. The van der Waals surface area contributed by atoms with Crippen LogP contribution in [0, 0.1) is 0 Å². The summed E-state index contributed by atoms with van der Waals surface area (Å²) < 4.78 is 0. The fourth-order valence-corrected chi connectivity index (χ4v) is 3.26.